The summed E-state index contributed by atoms with van der Waals surface area (Å²) in [4.78, 5) is 1.27. The summed E-state index contributed by atoms with van der Waals surface area (Å²) in [5, 5.41) is 3.39. The van der Waals surface area contributed by atoms with Gasteiger partial charge in [0, 0.05) is 14.9 Å². The van der Waals surface area contributed by atoms with Gasteiger partial charge in [-0.1, -0.05) is 28.1 Å². The highest BCUT2D eigenvalue weighted by atomic mass is 79.9. The molecule has 0 aliphatic carbocycles. The first-order valence-corrected chi connectivity index (χ1v) is 8.77. The SMILES string of the molecule is CNC(c1ccc(SC)cc1)c1cc(Br)c(C)cc1OC. The number of hydrogen-bond acceptors (Lipinski definition) is 3. The largest absolute Gasteiger partial charge is 0.496 e. The number of ether oxygens (including phenoxy) is 1. The molecule has 0 aromatic heterocycles. The van der Waals surface area contributed by atoms with Gasteiger partial charge in [-0.2, -0.15) is 0 Å². The van der Waals surface area contributed by atoms with E-state index in [4.69, 9.17) is 4.74 Å². The molecule has 1 atom stereocenters. The summed E-state index contributed by atoms with van der Waals surface area (Å²) < 4.78 is 6.66. The average molecular weight is 366 g/mol. The highest BCUT2D eigenvalue weighted by molar-refractivity contribution is 9.10. The summed E-state index contributed by atoms with van der Waals surface area (Å²) in [6, 6.07) is 12.9. The lowest BCUT2D eigenvalue weighted by atomic mass is 9.97. The first-order chi connectivity index (χ1) is 10.1. The Balaban J connectivity index is 2.47. The summed E-state index contributed by atoms with van der Waals surface area (Å²) in [5.74, 6) is 0.906. The molecule has 2 nitrogen and oxygen atoms in total. The van der Waals surface area contributed by atoms with Gasteiger partial charge in [-0.25, -0.2) is 0 Å². The molecule has 4 heteroatoms. The fraction of sp³-hybridized carbons (Fsp3) is 0.294. The molecule has 0 saturated carbocycles. The van der Waals surface area contributed by atoms with Crippen molar-refractivity contribution in [3.8, 4) is 5.75 Å². The van der Waals surface area contributed by atoms with Gasteiger partial charge in [0.2, 0.25) is 0 Å². The van der Waals surface area contributed by atoms with E-state index in [1.54, 1.807) is 18.9 Å². The number of rotatable bonds is 5. The molecule has 1 unspecified atom stereocenters. The van der Waals surface area contributed by atoms with Crippen LogP contribution in [-0.4, -0.2) is 20.4 Å². The maximum absolute atomic E-state index is 5.57. The van der Waals surface area contributed by atoms with Crippen LogP contribution in [0.4, 0.5) is 0 Å². The fourth-order valence-corrected chi connectivity index (χ4v) is 3.14. The van der Waals surface area contributed by atoms with Crippen LogP contribution >= 0.6 is 27.7 Å². The van der Waals surface area contributed by atoms with E-state index >= 15 is 0 Å². The van der Waals surface area contributed by atoms with Crippen molar-refractivity contribution in [2.75, 3.05) is 20.4 Å². The summed E-state index contributed by atoms with van der Waals surface area (Å²) in [6.45, 7) is 2.07. The van der Waals surface area contributed by atoms with Crippen LogP contribution in [0, 0.1) is 6.92 Å². The first kappa shape index (κ1) is 16.4. The van der Waals surface area contributed by atoms with Crippen molar-refractivity contribution in [1.29, 1.82) is 0 Å². The van der Waals surface area contributed by atoms with Crippen molar-refractivity contribution in [1.82, 2.24) is 5.32 Å². The van der Waals surface area contributed by atoms with Crippen LogP contribution in [0.5, 0.6) is 5.75 Å². The molecule has 2 rings (SSSR count). The van der Waals surface area contributed by atoms with Crippen LogP contribution in [0.3, 0.4) is 0 Å². The minimum Gasteiger partial charge on any atom is -0.496 e. The topological polar surface area (TPSA) is 21.3 Å². The Morgan fingerprint density at radius 3 is 2.38 bits per heavy atom. The van der Waals surface area contributed by atoms with E-state index in [-0.39, 0.29) is 6.04 Å². The van der Waals surface area contributed by atoms with E-state index in [0.29, 0.717) is 0 Å². The van der Waals surface area contributed by atoms with Gasteiger partial charge in [0.25, 0.3) is 0 Å². The van der Waals surface area contributed by atoms with Crippen molar-refractivity contribution in [3.05, 3.63) is 57.6 Å². The molecule has 2 aromatic rings. The van der Waals surface area contributed by atoms with E-state index in [0.717, 1.165) is 15.8 Å². The lowest BCUT2D eigenvalue weighted by Gasteiger charge is -2.21. The molecule has 0 saturated heterocycles. The molecule has 0 fully saturated rings. The molecule has 112 valence electrons. The molecule has 0 aliphatic rings. The molecular formula is C17H20BrNOS. The van der Waals surface area contributed by atoms with Gasteiger partial charge in [-0.3, -0.25) is 0 Å². The molecular weight excluding hydrogens is 346 g/mol. The standard InChI is InChI=1S/C17H20BrNOS/c1-11-9-16(20-3)14(10-15(11)18)17(19-2)12-5-7-13(21-4)8-6-12/h5-10,17,19H,1-4H3. The summed E-state index contributed by atoms with van der Waals surface area (Å²) >= 11 is 5.37. The predicted molar refractivity (Wildman–Crippen MR) is 94.6 cm³/mol. The molecule has 21 heavy (non-hydrogen) atoms. The Kier molecular flexibility index (Phi) is 5.73. The number of aryl methyl sites for hydroxylation is 1. The van der Waals surface area contributed by atoms with Gasteiger partial charge in [-0.05, 0) is 55.6 Å². The molecule has 0 radical (unpaired) electrons. The van der Waals surface area contributed by atoms with Gasteiger partial charge in [0.05, 0.1) is 13.2 Å². The van der Waals surface area contributed by atoms with Crippen molar-refractivity contribution >= 4 is 27.7 Å². The van der Waals surface area contributed by atoms with Crippen LogP contribution in [0.15, 0.2) is 45.8 Å². The third-order valence-corrected chi connectivity index (χ3v) is 5.16. The van der Waals surface area contributed by atoms with Crippen molar-refractivity contribution in [3.63, 3.8) is 0 Å². The van der Waals surface area contributed by atoms with Crippen LogP contribution in [0.1, 0.15) is 22.7 Å². The second-order valence-corrected chi connectivity index (χ2v) is 6.57. The number of methoxy groups -OCH3 is 1. The van der Waals surface area contributed by atoms with E-state index in [1.165, 1.54) is 16.0 Å². The number of thioether (sulfide) groups is 1. The monoisotopic (exact) mass is 365 g/mol. The van der Waals surface area contributed by atoms with E-state index in [1.807, 2.05) is 7.05 Å². The second-order valence-electron chi connectivity index (χ2n) is 4.84. The Morgan fingerprint density at radius 1 is 1.19 bits per heavy atom. The van der Waals surface area contributed by atoms with Crippen molar-refractivity contribution in [2.24, 2.45) is 0 Å². The Hall–Kier alpha value is -0.970. The third kappa shape index (κ3) is 3.62. The predicted octanol–water partition coefficient (Wildman–Crippen LogP) is 4.80. The van der Waals surface area contributed by atoms with Crippen molar-refractivity contribution in [2.45, 2.75) is 17.9 Å². The van der Waals surface area contributed by atoms with Crippen LogP contribution < -0.4 is 10.1 Å². The average Bonchev–Trinajstić information content (AvgIpc) is 2.51. The van der Waals surface area contributed by atoms with Crippen molar-refractivity contribution < 1.29 is 4.74 Å². The number of nitrogens with one attached hydrogen (secondary N) is 1. The van der Waals surface area contributed by atoms with Gasteiger partial charge in [0.15, 0.2) is 0 Å². The number of benzene rings is 2. The zero-order chi connectivity index (χ0) is 15.4. The zero-order valence-electron chi connectivity index (χ0n) is 12.7. The van der Waals surface area contributed by atoms with Gasteiger partial charge >= 0.3 is 0 Å². The fourth-order valence-electron chi connectivity index (χ4n) is 2.37. The molecule has 0 aliphatic heterocycles. The highest BCUT2D eigenvalue weighted by Gasteiger charge is 2.18. The molecule has 0 bridgehead atoms. The minimum atomic E-state index is 0.104. The summed E-state index contributed by atoms with van der Waals surface area (Å²) in [7, 11) is 3.69. The molecule has 0 spiro atoms. The molecule has 0 amide bonds. The van der Waals surface area contributed by atoms with Crippen LogP contribution in [0.2, 0.25) is 0 Å². The maximum atomic E-state index is 5.57. The van der Waals surface area contributed by atoms with E-state index in [2.05, 4.69) is 70.8 Å². The second kappa shape index (κ2) is 7.34. The first-order valence-electron chi connectivity index (χ1n) is 6.76. The molecule has 2 aromatic carbocycles. The van der Waals surface area contributed by atoms with E-state index in [9.17, 15) is 0 Å². The Labute approximate surface area is 139 Å². The summed E-state index contributed by atoms with van der Waals surface area (Å²) in [6.07, 6.45) is 2.09. The van der Waals surface area contributed by atoms with Crippen LogP contribution in [0.25, 0.3) is 0 Å². The lowest BCUT2D eigenvalue weighted by Crippen LogP contribution is -2.18. The minimum absolute atomic E-state index is 0.104. The van der Waals surface area contributed by atoms with Crippen LogP contribution in [-0.2, 0) is 0 Å². The normalized spacial score (nSPS) is 12.2. The van der Waals surface area contributed by atoms with Gasteiger partial charge in [0.1, 0.15) is 5.75 Å². The quantitative estimate of drug-likeness (QED) is 0.769. The lowest BCUT2D eigenvalue weighted by molar-refractivity contribution is 0.405. The Morgan fingerprint density at radius 2 is 1.86 bits per heavy atom. The Bertz CT molecular complexity index is 613. The molecule has 1 N–H and O–H groups in total. The van der Waals surface area contributed by atoms with Gasteiger partial charge in [-0.15, -0.1) is 11.8 Å². The smallest absolute Gasteiger partial charge is 0.124 e. The third-order valence-electron chi connectivity index (χ3n) is 3.56. The highest BCUT2D eigenvalue weighted by Crippen LogP contribution is 2.34. The molecule has 0 heterocycles. The summed E-state index contributed by atoms with van der Waals surface area (Å²) in [5.41, 5.74) is 3.53. The number of halogens is 1. The number of hydrogen-bond donors (Lipinski definition) is 1. The maximum Gasteiger partial charge on any atom is 0.124 e. The van der Waals surface area contributed by atoms with E-state index < -0.39 is 0 Å². The van der Waals surface area contributed by atoms with Gasteiger partial charge < -0.3 is 10.1 Å². The zero-order valence-corrected chi connectivity index (χ0v) is 15.1.